The molecule has 9 heteroatoms. The lowest BCUT2D eigenvalue weighted by Gasteiger charge is -2.33. The fraction of sp³-hybridized carbons (Fsp3) is 0.250. The molecule has 0 spiro atoms. The van der Waals surface area contributed by atoms with E-state index in [2.05, 4.69) is 20.9 Å². The van der Waals surface area contributed by atoms with Crippen LogP contribution in [0.1, 0.15) is 30.8 Å². The van der Waals surface area contributed by atoms with Gasteiger partial charge in [-0.15, -0.1) is 10.2 Å². The second-order valence-corrected chi connectivity index (χ2v) is 7.76. The van der Waals surface area contributed by atoms with Gasteiger partial charge in [0.1, 0.15) is 16.9 Å². The van der Waals surface area contributed by atoms with E-state index in [0.717, 1.165) is 24.2 Å². The van der Waals surface area contributed by atoms with Crippen LogP contribution in [-0.4, -0.2) is 26.0 Å². The molecule has 1 amide bonds. The number of nitrogens with zero attached hydrogens (tertiary/aromatic N) is 3. The van der Waals surface area contributed by atoms with Gasteiger partial charge in [-0.25, -0.2) is 13.5 Å². The number of nitrogens with one attached hydrogen (secondary N) is 2. The van der Waals surface area contributed by atoms with Crippen molar-refractivity contribution in [1.29, 1.82) is 0 Å². The van der Waals surface area contributed by atoms with Gasteiger partial charge in [-0.1, -0.05) is 43.0 Å². The van der Waals surface area contributed by atoms with Crippen LogP contribution in [0.5, 0.6) is 0 Å². The standard InChI is InChI=1S/C20H19F2N5OS/c1-2-5-16-24-25-20-27(16)26-17(12-8-10-13(21)11-9-12)18(29-20)19(28)23-15-7-4-3-6-14(15)22/h3-4,6-11,17-18,26H,2,5H2,1H3,(H,23,28). The van der Waals surface area contributed by atoms with Gasteiger partial charge < -0.3 is 10.7 Å². The smallest absolute Gasteiger partial charge is 0.240 e. The first-order valence-corrected chi connectivity index (χ1v) is 10.1. The largest absolute Gasteiger partial charge is 0.323 e. The van der Waals surface area contributed by atoms with E-state index >= 15 is 0 Å². The second-order valence-electron chi connectivity index (χ2n) is 6.65. The minimum Gasteiger partial charge on any atom is -0.323 e. The van der Waals surface area contributed by atoms with E-state index in [4.69, 9.17) is 0 Å². The van der Waals surface area contributed by atoms with E-state index in [-0.39, 0.29) is 17.4 Å². The first-order chi connectivity index (χ1) is 14.1. The monoisotopic (exact) mass is 415 g/mol. The van der Waals surface area contributed by atoms with E-state index in [9.17, 15) is 13.6 Å². The van der Waals surface area contributed by atoms with Gasteiger partial charge in [0.05, 0.1) is 11.7 Å². The number of hydrogen-bond acceptors (Lipinski definition) is 5. The molecule has 150 valence electrons. The van der Waals surface area contributed by atoms with Crippen LogP contribution >= 0.6 is 11.8 Å². The Morgan fingerprint density at radius 1 is 1.17 bits per heavy atom. The number of aromatic nitrogens is 3. The van der Waals surface area contributed by atoms with Crippen molar-refractivity contribution in [3.63, 3.8) is 0 Å². The van der Waals surface area contributed by atoms with Crippen molar-refractivity contribution in [3.8, 4) is 0 Å². The Labute approximate surface area is 170 Å². The van der Waals surface area contributed by atoms with Crippen LogP contribution in [-0.2, 0) is 11.2 Å². The van der Waals surface area contributed by atoms with Gasteiger partial charge in [0.15, 0.2) is 5.82 Å². The minimum absolute atomic E-state index is 0.106. The highest BCUT2D eigenvalue weighted by molar-refractivity contribution is 8.00. The predicted molar refractivity (Wildman–Crippen MR) is 107 cm³/mol. The SMILES string of the molecule is CCCc1nnc2n1NC(c1ccc(F)cc1)C(C(=O)Nc1ccccc1F)S2. The third kappa shape index (κ3) is 3.95. The summed E-state index contributed by atoms with van der Waals surface area (Å²) in [5.74, 6) is -0.495. The molecule has 2 N–H and O–H groups in total. The van der Waals surface area contributed by atoms with E-state index < -0.39 is 17.1 Å². The zero-order chi connectivity index (χ0) is 20.4. The van der Waals surface area contributed by atoms with Crippen molar-refractivity contribution >= 4 is 23.4 Å². The zero-order valence-electron chi connectivity index (χ0n) is 15.6. The number of anilines is 1. The van der Waals surface area contributed by atoms with Crippen molar-refractivity contribution in [2.75, 3.05) is 10.7 Å². The zero-order valence-corrected chi connectivity index (χ0v) is 16.4. The molecule has 1 aliphatic heterocycles. The number of carbonyl (C=O) groups excluding carboxylic acids is 1. The van der Waals surface area contributed by atoms with Crippen molar-refractivity contribution < 1.29 is 13.6 Å². The summed E-state index contributed by atoms with van der Waals surface area (Å²) in [5.41, 5.74) is 4.13. The van der Waals surface area contributed by atoms with E-state index in [1.54, 1.807) is 28.9 Å². The van der Waals surface area contributed by atoms with Crippen LogP contribution in [0, 0.1) is 11.6 Å². The summed E-state index contributed by atoms with van der Waals surface area (Å²) < 4.78 is 29.2. The maximum absolute atomic E-state index is 14.0. The Morgan fingerprint density at radius 2 is 1.93 bits per heavy atom. The van der Waals surface area contributed by atoms with Gasteiger partial charge in [0, 0.05) is 6.42 Å². The first kappa shape index (κ1) is 19.4. The highest BCUT2D eigenvalue weighted by Crippen LogP contribution is 2.37. The number of para-hydroxylation sites is 1. The van der Waals surface area contributed by atoms with Crippen LogP contribution in [0.4, 0.5) is 14.5 Å². The molecule has 0 saturated carbocycles. The Morgan fingerprint density at radius 3 is 2.66 bits per heavy atom. The van der Waals surface area contributed by atoms with Crippen molar-refractivity contribution in [1.82, 2.24) is 14.9 Å². The molecule has 2 unspecified atom stereocenters. The highest BCUT2D eigenvalue weighted by Gasteiger charge is 2.38. The molecule has 2 atom stereocenters. The normalized spacial score (nSPS) is 18.0. The molecule has 3 aromatic rings. The highest BCUT2D eigenvalue weighted by atomic mass is 32.2. The average molecular weight is 415 g/mol. The molecular formula is C20H19F2N5OS. The molecule has 0 saturated heterocycles. The summed E-state index contributed by atoms with van der Waals surface area (Å²) in [5, 5.41) is 10.9. The molecule has 0 aliphatic carbocycles. The Kier molecular flexibility index (Phi) is 5.48. The van der Waals surface area contributed by atoms with Gasteiger partial charge in [0.2, 0.25) is 11.1 Å². The lowest BCUT2D eigenvalue weighted by atomic mass is 10.0. The molecule has 4 rings (SSSR count). The van der Waals surface area contributed by atoms with E-state index in [0.29, 0.717) is 5.16 Å². The third-order valence-electron chi connectivity index (χ3n) is 4.60. The number of fused-ring (bicyclic) bond motifs is 1. The summed E-state index contributed by atoms with van der Waals surface area (Å²) in [4.78, 5) is 13.0. The molecule has 2 aromatic carbocycles. The maximum Gasteiger partial charge on any atom is 0.240 e. The number of rotatable bonds is 5. The van der Waals surface area contributed by atoms with Gasteiger partial charge in [0.25, 0.3) is 0 Å². The summed E-state index contributed by atoms with van der Waals surface area (Å²) in [6, 6.07) is 11.5. The Bertz CT molecular complexity index is 1020. The van der Waals surface area contributed by atoms with Crippen molar-refractivity contribution in [2.45, 2.75) is 36.2 Å². The fourth-order valence-corrected chi connectivity index (χ4v) is 4.27. The van der Waals surface area contributed by atoms with E-state index in [1.165, 1.54) is 36.0 Å². The fourth-order valence-electron chi connectivity index (χ4n) is 3.17. The lowest BCUT2D eigenvalue weighted by Crippen LogP contribution is -2.41. The quantitative estimate of drug-likeness (QED) is 0.661. The minimum atomic E-state index is -0.661. The molecule has 0 fully saturated rings. The lowest BCUT2D eigenvalue weighted by molar-refractivity contribution is -0.116. The van der Waals surface area contributed by atoms with Crippen LogP contribution < -0.4 is 10.7 Å². The van der Waals surface area contributed by atoms with Gasteiger partial charge in [-0.3, -0.25) is 4.79 Å². The van der Waals surface area contributed by atoms with Crippen LogP contribution in [0.2, 0.25) is 0 Å². The number of carbonyl (C=O) groups is 1. The van der Waals surface area contributed by atoms with Crippen LogP contribution in [0.25, 0.3) is 0 Å². The number of aryl methyl sites for hydroxylation is 1. The van der Waals surface area contributed by atoms with Gasteiger partial charge in [-0.05, 0) is 36.2 Å². The molecule has 2 heterocycles. The Balaban J connectivity index is 1.67. The summed E-state index contributed by atoms with van der Waals surface area (Å²) >= 11 is 1.24. The maximum atomic E-state index is 14.0. The molecule has 0 radical (unpaired) electrons. The molecular weight excluding hydrogens is 396 g/mol. The molecule has 0 bridgehead atoms. The summed E-state index contributed by atoms with van der Waals surface area (Å²) in [6.45, 7) is 2.04. The predicted octanol–water partition coefficient (Wildman–Crippen LogP) is 3.91. The van der Waals surface area contributed by atoms with Gasteiger partial charge in [-0.2, -0.15) is 0 Å². The first-order valence-electron chi connectivity index (χ1n) is 9.25. The molecule has 6 nitrogen and oxygen atoms in total. The summed E-state index contributed by atoms with van der Waals surface area (Å²) in [7, 11) is 0. The number of benzene rings is 2. The average Bonchev–Trinajstić information content (AvgIpc) is 3.11. The number of halogens is 2. The van der Waals surface area contributed by atoms with Gasteiger partial charge >= 0.3 is 0 Å². The van der Waals surface area contributed by atoms with E-state index in [1.807, 2.05) is 6.92 Å². The second kappa shape index (κ2) is 8.20. The molecule has 29 heavy (non-hydrogen) atoms. The van der Waals surface area contributed by atoms with Crippen molar-refractivity contribution in [3.05, 3.63) is 71.6 Å². The number of amides is 1. The third-order valence-corrected chi connectivity index (χ3v) is 5.81. The van der Waals surface area contributed by atoms with Crippen LogP contribution in [0.15, 0.2) is 53.7 Å². The number of hydrogen-bond donors (Lipinski definition) is 2. The van der Waals surface area contributed by atoms with Crippen LogP contribution in [0.3, 0.4) is 0 Å². The van der Waals surface area contributed by atoms with Crippen molar-refractivity contribution in [2.24, 2.45) is 0 Å². The summed E-state index contributed by atoms with van der Waals surface area (Å²) in [6.07, 6.45) is 1.62. The molecule has 1 aromatic heterocycles. The Hall–Kier alpha value is -2.94. The number of thioether (sulfide) groups is 1. The topological polar surface area (TPSA) is 71.8 Å². The molecule has 1 aliphatic rings.